The highest BCUT2D eigenvalue weighted by Crippen LogP contribution is 2.58. The Morgan fingerprint density at radius 2 is 1.92 bits per heavy atom. The second kappa shape index (κ2) is 7.93. The minimum atomic E-state index is -3.19. The van der Waals surface area contributed by atoms with Crippen LogP contribution in [0.3, 0.4) is 0 Å². The minimum Gasteiger partial charge on any atom is -0.492 e. The Kier molecular flexibility index (Phi) is 6.35. The van der Waals surface area contributed by atoms with Gasteiger partial charge in [0.15, 0.2) is 9.84 Å². The van der Waals surface area contributed by atoms with Crippen LogP contribution in [-0.2, 0) is 14.6 Å². The third kappa shape index (κ3) is 4.86. The first-order chi connectivity index (χ1) is 11.4. The van der Waals surface area contributed by atoms with Crippen LogP contribution in [0.2, 0.25) is 0 Å². The number of carbonyl (C=O) groups excluding carboxylic acids is 1. The van der Waals surface area contributed by atoms with Gasteiger partial charge in [-0.15, -0.1) is 12.4 Å². The average Bonchev–Trinajstić information content (AvgIpc) is 3.25. The third-order valence-electron chi connectivity index (χ3n) is 5.03. The molecular weight excluding hydrogens is 364 g/mol. The maximum Gasteiger partial charge on any atom is 0.223 e. The molecule has 2 aliphatic rings. The van der Waals surface area contributed by atoms with Gasteiger partial charge in [0.2, 0.25) is 5.91 Å². The number of rotatable bonds is 6. The predicted octanol–water partition coefficient (Wildman–Crippen LogP) is 1.40. The van der Waals surface area contributed by atoms with E-state index < -0.39 is 9.84 Å². The van der Waals surface area contributed by atoms with E-state index in [0.717, 1.165) is 32.4 Å². The van der Waals surface area contributed by atoms with Crippen molar-refractivity contribution in [2.24, 2.45) is 11.3 Å². The van der Waals surface area contributed by atoms with Gasteiger partial charge < -0.3 is 15.4 Å². The average molecular weight is 389 g/mol. The predicted molar refractivity (Wildman–Crippen MR) is 97.9 cm³/mol. The first-order valence-electron chi connectivity index (χ1n) is 8.32. The minimum absolute atomic E-state index is 0. The third-order valence-corrected chi connectivity index (χ3v) is 6.16. The van der Waals surface area contributed by atoms with Crippen molar-refractivity contribution in [1.82, 2.24) is 10.6 Å². The molecule has 2 N–H and O–H groups in total. The van der Waals surface area contributed by atoms with E-state index in [0.29, 0.717) is 18.9 Å². The molecule has 3 rings (SSSR count). The van der Waals surface area contributed by atoms with Crippen molar-refractivity contribution < 1.29 is 17.9 Å². The molecule has 1 heterocycles. The number of carbonyl (C=O) groups is 1. The fourth-order valence-corrected chi connectivity index (χ4v) is 4.08. The Morgan fingerprint density at radius 3 is 2.52 bits per heavy atom. The number of piperidine rings is 1. The van der Waals surface area contributed by atoms with Crippen LogP contribution in [0.15, 0.2) is 29.2 Å². The largest absolute Gasteiger partial charge is 0.492 e. The molecule has 1 aliphatic heterocycles. The van der Waals surface area contributed by atoms with Crippen molar-refractivity contribution >= 4 is 28.2 Å². The van der Waals surface area contributed by atoms with Gasteiger partial charge in [-0.25, -0.2) is 8.42 Å². The van der Waals surface area contributed by atoms with Gasteiger partial charge in [-0.2, -0.15) is 0 Å². The van der Waals surface area contributed by atoms with E-state index >= 15 is 0 Å². The molecule has 6 nitrogen and oxygen atoms in total. The molecule has 1 saturated heterocycles. The van der Waals surface area contributed by atoms with Crippen LogP contribution < -0.4 is 15.4 Å². The topological polar surface area (TPSA) is 84.5 Å². The highest BCUT2D eigenvalue weighted by Gasteiger charge is 2.57. The van der Waals surface area contributed by atoms with E-state index in [1.807, 2.05) is 0 Å². The molecule has 25 heavy (non-hydrogen) atoms. The first-order valence-corrected chi connectivity index (χ1v) is 10.2. The van der Waals surface area contributed by atoms with Gasteiger partial charge in [0, 0.05) is 12.2 Å². The fourth-order valence-electron chi connectivity index (χ4n) is 3.45. The molecule has 2 fully saturated rings. The molecule has 140 valence electrons. The molecule has 1 aromatic carbocycles. The van der Waals surface area contributed by atoms with Crippen LogP contribution in [0.1, 0.15) is 19.3 Å². The summed E-state index contributed by atoms with van der Waals surface area (Å²) in [6.07, 6.45) is 4.36. The van der Waals surface area contributed by atoms with Gasteiger partial charge in [-0.05, 0) is 62.0 Å². The van der Waals surface area contributed by atoms with Crippen LogP contribution in [0.5, 0.6) is 5.75 Å². The second-order valence-electron chi connectivity index (χ2n) is 6.75. The molecule has 0 aromatic heterocycles. The zero-order valence-electron chi connectivity index (χ0n) is 14.3. The zero-order valence-corrected chi connectivity index (χ0v) is 15.9. The van der Waals surface area contributed by atoms with Crippen molar-refractivity contribution in [3.63, 3.8) is 0 Å². The van der Waals surface area contributed by atoms with Gasteiger partial charge in [0.05, 0.1) is 11.4 Å². The highest BCUT2D eigenvalue weighted by atomic mass is 35.5. The summed E-state index contributed by atoms with van der Waals surface area (Å²) in [6.45, 7) is 2.84. The SMILES string of the molecule is CS(=O)(=O)c1ccc(OCCNC(=O)C2CC23CCNCC3)cc1.Cl. The fraction of sp³-hybridized carbons (Fsp3) is 0.588. The Morgan fingerprint density at radius 1 is 1.28 bits per heavy atom. The van der Waals surface area contributed by atoms with E-state index in [-0.39, 0.29) is 34.5 Å². The van der Waals surface area contributed by atoms with E-state index in [1.54, 1.807) is 12.1 Å². The van der Waals surface area contributed by atoms with Gasteiger partial charge in [0.1, 0.15) is 12.4 Å². The Labute approximate surface area is 155 Å². The summed E-state index contributed by atoms with van der Waals surface area (Å²) in [7, 11) is -3.19. The van der Waals surface area contributed by atoms with Crippen molar-refractivity contribution in [2.75, 3.05) is 32.5 Å². The molecule has 0 radical (unpaired) electrons. The molecule has 1 aliphatic carbocycles. The molecule has 1 spiro atoms. The molecule has 1 unspecified atom stereocenters. The quantitative estimate of drug-likeness (QED) is 0.719. The van der Waals surface area contributed by atoms with Crippen molar-refractivity contribution in [1.29, 1.82) is 0 Å². The molecule has 1 aromatic rings. The summed E-state index contributed by atoms with van der Waals surface area (Å²) in [5.74, 6) is 0.888. The number of hydrogen-bond donors (Lipinski definition) is 2. The normalized spacial score (nSPS) is 21.2. The molecule has 1 amide bonds. The van der Waals surface area contributed by atoms with E-state index in [2.05, 4.69) is 10.6 Å². The molecule has 0 bridgehead atoms. The van der Waals surface area contributed by atoms with E-state index in [9.17, 15) is 13.2 Å². The lowest BCUT2D eigenvalue weighted by molar-refractivity contribution is -0.123. The standard InChI is InChI=1S/C17H24N2O4S.ClH/c1-24(21,22)14-4-2-13(3-5-14)23-11-10-19-16(20)15-12-17(15)6-8-18-9-7-17;/h2-5,15,18H,6-12H2,1H3,(H,19,20);1H. The summed E-state index contributed by atoms with van der Waals surface area (Å²) >= 11 is 0. The number of amides is 1. The zero-order chi connectivity index (χ0) is 17.2. The monoisotopic (exact) mass is 388 g/mol. The summed E-state index contributed by atoms with van der Waals surface area (Å²) in [5, 5.41) is 6.28. The number of benzene rings is 1. The van der Waals surface area contributed by atoms with Gasteiger partial charge >= 0.3 is 0 Å². The molecule has 1 saturated carbocycles. The molecular formula is C17H25ClN2O4S. The van der Waals surface area contributed by atoms with Crippen LogP contribution >= 0.6 is 12.4 Å². The lowest BCUT2D eigenvalue weighted by Gasteiger charge is -2.23. The lowest BCUT2D eigenvalue weighted by atomic mass is 9.92. The molecule has 1 atom stereocenters. The van der Waals surface area contributed by atoms with Gasteiger partial charge in [-0.1, -0.05) is 0 Å². The van der Waals surface area contributed by atoms with Crippen molar-refractivity contribution in [3.8, 4) is 5.75 Å². The number of sulfone groups is 1. The van der Waals surface area contributed by atoms with Crippen LogP contribution in [-0.4, -0.2) is 46.8 Å². The Bertz CT molecular complexity index is 700. The number of ether oxygens (including phenoxy) is 1. The summed E-state index contributed by atoms with van der Waals surface area (Å²) in [5.41, 5.74) is 0.248. The summed E-state index contributed by atoms with van der Waals surface area (Å²) in [6, 6.07) is 6.30. The van der Waals surface area contributed by atoms with Crippen LogP contribution in [0.4, 0.5) is 0 Å². The highest BCUT2D eigenvalue weighted by molar-refractivity contribution is 7.90. The Balaban J connectivity index is 0.00000225. The number of halogens is 1. The van der Waals surface area contributed by atoms with Gasteiger partial charge in [-0.3, -0.25) is 4.79 Å². The lowest BCUT2D eigenvalue weighted by Crippen LogP contribution is -2.35. The van der Waals surface area contributed by atoms with Crippen molar-refractivity contribution in [2.45, 2.75) is 24.2 Å². The maximum atomic E-state index is 12.2. The van der Waals surface area contributed by atoms with E-state index in [1.165, 1.54) is 18.4 Å². The smallest absolute Gasteiger partial charge is 0.223 e. The van der Waals surface area contributed by atoms with Crippen LogP contribution in [0.25, 0.3) is 0 Å². The van der Waals surface area contributed by atoms with E-state index in [4.69, 9.17) is 4.74 Å². The van der Waals surface area contributed by atoms with Gasteiger partial charge in [0.25, 0.3) is 0 Å². The summed E-state index contributed by atoms with van der Waals surface area (Å²) < 4.78 is 28.3. The van der Waals surface area contributed by atoms with Crippen molar-refractivity contribution in [3.05, 3.63) is 24.3 Å². The Hall–Kier alpha value is -1.31. The molecule has 8 heteroatoms. The number of nitrogens with one attached hydrogen (secondary N) is 2. The first kappa shape index (κ1) is 20.0. The summed E-state index contributed by atoms with van der Waals surface area (Å²) in [4.78, 5) is 12.5. The number of hydrogen-bond acceptors (Lipinski definition) is 5. The van der Waals surface area contributed by atoms with Crippen LogP contribution in [0, 0.1) is 11.3 Å². The maximum absolute atomic E-state index is 12.2. The second-order valence-corrected chi connectivity index (χ2v) is 8.77.